The van der Waals surface area contributed by atoms with E-state index >= 15 is 0 Å². The SMILES string of the molecule is CCNC(Cc1ccc(Cl)c(F)c1)C(C)(C)N(C)C. The predicted molar refractivity (Wildman–Crippen MR) is 80.3 cm³/mol. The summed E-state index contributed by atoms with van der Waals surface area (Å²) in [4.78, 5) is 2.19. The van der Waals surface area contributed by atoms with Crippen LogP contribution in [0, 0.1) is 5.82 Å². The average Bonchev–Trinajstić information content (AvgIpc) is 2.33. The lowest BCUT2D eigenvalue weighted by molar-refractivity contribution is 0.138. The Morgan fingerprint density at radius 1 is 1.37 bits per heavy atom. The van der Waals surface area contributed by atoms with Crippen molar-refractivity contribution in [1.29, 1.82) is 0 Å². The number of likely N-dealkylation sites (N-methyl/N-ethyl adjacent to an activating group) is 2. The molecule has 1 N–H and O–H groups in total. The average molecular weight is 287 g/mol. The Morgan fingerprint density at radius 2 is 2.00 bits per heavy atom. The second kappa shape index (κ2) is 6.69. The summed E-state index contributed by atoms with van der Waals surface area (Å²) < 4.78 is 13.5. The van der Waals surface area contributed by atoms with Gasteiger partial charge in [0.1, 0.15) is 5.82 Å². The molecule has 0 saturated carbocycles. The fourth-order valence-corrected chi connectivity index (χ4v) is 2.15. The van der Waals surface area contributed by atoms with Gasteiger partial charge in [-0.05, 0) is 58.6 Å². The van der Waals surface area contributed by atoms with Crippen LogP contribution in [0.1, 0.15) is 26.3 Å². The quantitative estimate of drug-likeness (QED) is 0.863. The van der Waals surface area contributed by atoms with Crippen LogP contribution >= 0.6 is 11.6 Å². The van der Waals surface area contributed by atoms with Crippen molar-refractivity contribution in [3.8, 4) is 0 Å². The highest BCUT2D eigenvalue weighted by Crippen LogP contribution is 2.22. The highest BCUT2D eigenvalue weighted by Gasteiger charge is 2.31. The van der Waals surface area contributed by atoms with Crippen molar-refractivity contribution in [2.75, 3.05) is 20.6 Å². The van der Waals surface area contributed by atoms with Crippen molar-refractivity contribution in [1.82, 2.24) is 10.2 Å². The molecule has 108 valence electrons. The van der Waals surface area contributed by atoms with E-state index in [9.17, 15) is 4.39 Å². The molecule has 1 rings (SSSR count). The van der Waals surface area contributed by atoms with E-state index in [1.54, 1.807) is 6.07 Å². The molecule has 1 unspecified atom stereocenters. The van der Waals surface area contributed by atoms with E-state index in [-0.39, 0.29) is 22.4 Å². The number of nitrogens with zero attached hydrogens (tertiary/aromatic N) is 1. The summed E-state index contributed by atoms with van der Waals surface area (Å²) in [6, 6.07) is 5.28. The van der Waals surface area contributed by atoms with E-state index in [0.717, 1.165) is 18.5 Å². The van der Waals surface area contributed by atoms with Gasteiger partial charge in [0.05, 0.1) is 5.02 Å². The van der Waals surface area contributed by atoms with E-state index < -0.39 is 0 Å². The maximum Gasteiger partial charge on any atom is 0.142 e. The topological polar surface area (TPSA) is 15.3 Å². The highest BCUT2D eigenvalue weighted by atomic mass is 35.5. The summed E-state index contributed by atoms with van der Waals surface area (Å²) in [6.45, 7) is 7.35. The Kier molecular flexibility index (Phi) is 5.78. The van der Waals surface area contributed by atoms with Crippen molar-refractivity contribution >= 4 is 11.6 Å². The standard InChI is InChI=1S/C15H24ClFN2/c1-6-18-14(15(2,3)19(4)5)10-11-7-8-12(16)13(17)9-11/h7-9,14,18H,6,10H2,1-5H3. The Hall–Kier alpha value is -0.640. The van der Waals surface area contributed by atoms with Gasteiger partial charge in [-0.2, -0.15) is 0 Å². The first kappa shape index (κ1) is 16.4. The van der Waals surface area contributed by atoms with Gasteiger partial charge >= 0.3 is 0 Å². The van der Waals surface area contributed by atoms with Gasteiger partial charge in [0, 0.05) is 11.6 Å². The van der Waals surface area contributed by atoms with Crippen LogP contribution < -0.4 is 5.32 Å². The van der Waals surface area contributed by atoms with Gasteiger partial charge < -0.3 is 10.2 Å². The van der Waals surface area contributed by atoms with Crippen LogP contribution in [0.25, 0.3) is 0 Å². The van der Waals surface area contributed by atoms with Gasteiger partial charge in [-0.1, -0.05) is 24.6 Å². The Balaban J connectivity index is 2.92. The van der Waals surface area contributed by atoms with Crippen molar-refractivity contribution in [3.05, 3.63) is 34.6 Å². The summed E-state index contributed by atoms with van der Waals surface area (Å²) in [7, 11) is 4.12. The zero-order valence-corrected chi connectivity index (χ0v) is 13.2. The van der Waals surface area contributed by atoms with Gasteiger partial charge in [0.25, 0.3) is 0 Å². The molecule has 2 nitrogen and oxygen atoms in total. The maximum atomic E-state index is 13.5. The molecule has 0 fully saturated rings. The Labute approximate surface area is 120 Å². The van der Waals surface area contributed by atoms with Crippen LogP contribution in [0.15, 0.2) is 18.2 Å². The van der Waals surface area contributed by atoms with E-state index in [0.29, 0.717) is 0 Å². The summed E-state index contributed by atoms with van der Waals surface area (Å²) in [5.41, 5.74) is 0.939. The summed E-state index contributed by atoms with van der Waals surface area (Å²) >= 11 is 5.72. The molecule has 0 aliphatic heterocycles. The van der Waals surface area contributed by atoms with Crippen LogP contribution in [0.3, 0.4) is 0 Å². The summed E-state index contributed by atoms with van der Waals surface area (Å²) in [5, 5.41) is 3.67. The number of hydrogen-bond donors (Lipinski definition) is 1. The third-order valence-electron chi connectivity index (χ3n) is 3.88. The second-order valence-electron chi connectivity index (χ2n) is 5.61. The zero-order valence-electron chi connectivity index (χ0n) is 12.4. The van der Waals surface area contributed by atoms with Crippen LogP contribution in [-0.2, 0) is 6.42 Å². The van der Waals surface area contributed by atoms with Crippen LogP contribution in [0.5, 0.6) is 0 Å². The molecular formula is C15H24ClFN2. The van der Waals surface area contributed by atoms with Crippen LogP contribution in [0.4, 0.5) is 4.39 Å². The molecule has 0 amide bonds. The molecule has 0 aromatic heterocycles. The van der Waals surface area contributed by atoms with Crippen LogP contribution in [0.2, 0.25) is 5.02 Å². The first-order chi connectivity index (χ1) is 8.78. The van der Waals surface area contributed by atoms with Crippen molar-refractivity contribution in [2.45, 2.75) is 38.8 Å². The number of hydrogen-bond acceptors (Lipinski definition) is 2. The molecular weight excluding hydrogens is 263 g/mol. The van der Waals surface area contributed by atoms with E-state index in [1.165, 1.54) is 6.07 Å². The molecule has 0 aliphatic carbocycles. The predicted octanol–water partition coefficient (Wildman–Crippen LogP) is 3.34. The highest BCUT2D eigenvalue weighted by molar-refractivity contribution is 6.30. The van der Waals surface area contributed by atoms with Gasteiger partial charge in [0.15, 0.2) is 0 Å². The summed E-state index contributed by atoms with van der Waals surface area (Å²) in [6.07, 6.45) is 0.771. The van der Waals surface area contributed by atoms with E-state index in [1.807, 2.05) is 6.07 Å². The van der Waals surface area contributed by atoms with Gasteiger partial charge in [-0.25, -0.2) is 4.39 Å². The summed E-state index contributed by atoms with van der Waals surface area (Å²) in [5.74, 6) is -0.350. The van der Waals surface area contributed by atoms with Gasteiger partial charge in [-0.3, -0.25) is 0 Å². The third kappa shape index (κ3) is 4.16. The lowest BCUT2D eigenvalue weighted by Gasteiger charge is -2.40. The fraction of sp³-hybridized carbons (Fsp3) is 0.600. The first-order valence-electron chi connectivity index (χ1n) is 6.63. The molecule has 1 aromatic rings. The molecule has 0 aliphatic rings. The molecule has 0 spiro atoms. The van der Waals surface area contributed by atoms with Gasteiger partial charge in [0.2, 0.25) is 0 Å². The monoisotopic (exact) mass is 286 g/mol. The zero-order chi connectivity index (χ0) is 14.6. The molecule has 0 heterocycles. The maximum absolute atomic E-state index is 13.5. The van der Waals surface area contributed by atoms with E-state index in [2.05, 4.69) is 45.1 Å². The molecule has 19 heavy (non-hydrogen) atoms. The van der Waals surface area contributed by atoms with Crippen molar-refractivity contribution in [3.63, 3.8) is 0 Å². The molecule has 4 heteroatoms. The Bertz CT molecular complexity index is 419. The molecule has 1 aromatic carbocycles. The normalized spacial score (nSPS) is 13.9. The lowest BCUT2D eigenvalue weighted by atomic mass is 9.88. The second-order valence-corrected chi connectivity index (χ2v) is 6.02. The molecule has 1 atom stereocenters. The largest absolute Gasteiger partial charge is 0.312 e. The van der Waals surface area contributed by atoms with Gasteiger partial charge in [-0.15, -0.1) is 0 Å². The van der Waals surface area contributed by atoms with Crippen LogP contribution in [-0.4, -0.2) is 37.1 Å². The van der Waals surface area contributed by atoms with Crippen molar-refractivity contribution in [2.24, 2.45) is 0 Å². The minimum Gasteiger partial charge on any atom is -0.312 e. The minimum absolute atomic E-state index is 0.0217. The number of nitrogens with one attached hydrogen (secondary N) is 1. The first-order valence-corrected chi connectivity index (χ1v) is 7.01. The molecule has 0 saturated heterocycles. The minimum atomic E-state index is -0.350. The number of benzene rings is 1. The number of rotatable bonds is 6. The fourth-order valence-electron chi connectivity index (χ4n) is 2.03. The number of halogens is 2. The molecule has 0 radical (unpaired) electrons. The smallest absolute Gasteiger partial charge is 0.142 e. The Morgan fingerprint density at radius 3 is 2.47 bits per heavy atom. The van der Waals surface area contributed by atoms with Crippen molar-refractivity contribution < 1.29 is 4.39 Å². The third-order valence-corrected chi connectivity index (χ3v) is 4.19. The molecule has 0 bridgehead atoms. The lowest BCUT2D eigenvalue weighted by Crippen LogP contribution is -2.56. The van der Waals surface area contributed by atoms with E-state index in [4.69, 9.17) is 11.6 Å².